The van der Waals surface area contributed by atoms with Gasteiger partial charge in [-0.25, -0.2) is 0 Å². The summed E-state index contributed by atoms with van der Waals surface area (Å²) in [5.41, 5.74) is 1.27. The number of imidazole rings is 1. The number of aliphatic hydroxyl groups excluding tert-OH is 2. The number of nitrogens with zero attached hydrogens (tertiary/aromatic N) is 5. The normalized spacial score (nSPS) is 16.4. The van der Waals surface area contributed by atoms with Crippen molar-refractivity contribution in [3.05, 3.63) is 40.5 Å². The van der Waals surface area contributed by atoms with E-state index in [-0.39, 0.29) is 19.1 Å². The van der Waals surface area contributed by atoms with Crippen LogP contribution in [0.5, 0.6) is 6.01 Å². The van der Waals surface area contributed by atoms with Gasteiger partial charge in [0.05, 0.1) is 6.54 Å². The monoisotopic (exact) mass is 437 g/mol. The van der Waals surface area contributed by atoms with E-state index in [2.05, 4.69) is 4.98 Å². The molecule has 1 aromatic heterocycles. The van der Waals surface area contributed by atoms with Crippen molar-refractivity contribution >= 4 is 23.3 Å². The second-order valence-electron chi connectivity index (χ2n) is 7.46. The number of aliphatic hydroxyl groups is 2. The molecule has 30 heavy (non-hydrogen) atoms. The van der Waals surface area contributed by atoms with Crippen LogP contribution in [-0.2, 0) is 6.54 Å². The molecule has 0 aliphatic carbocycles. The molecular formula is C20H28ClN5O4. The van der Waals surface area contributed by atoms with Crippen LogP contribution in [0, 0.1) is 0 Å². The van der Waals surface area contributed by atoms with Gasteiger partial charge in [0.1, 0.15) is 6.61 Å². The number of fused-ring (bicyclic) bond motifs is 1. The molecule has 0 fully saturated rings. The highest BCUT2D eigenvalue weighted by Crippen LogP contribution is 2.33. The molecule has 0 saturated carbocycles. The van der Waals surface area contributed by atoms with E-state index in [1.807, 2.05) is 31.1 Å². The number of anilines is 1. The Bertz CT molecular complexity index is 871. The van der Waals surface area contributed by atoms with Gasteiger partial charge in [-0.15, -0.1) is 0 Å². The van der Waals surface area contributed by atoms with Gasteiger partial charge in [-0.05, 0) is 38.2 Å². The van der Waals surface area contributed by atoms with Gasteiger partial charge < -0.3 is 24.7 Å². The van der Waals surface area contributed by atoms with Gasteiger partial charge in [-0.3, -0.25) is 14.3 Å². The van der Waals surface area contributed by atoms with E-state index in [0.29, 0.717) is 48.7 Å². The van der Waals surface area contributed by atoms with Crippen LogP contribution < -0.4 is 9.64 Å². The Kier molecular flexibility index (Phi) is 7.19. The number of rotatable bonds is 9. The molecule has 164 valence electrons. The molecule has 1 aliphatic rings. The van der Waals surface area contributed by atoms with Crippen molar-refractivity contribution in [3.63, 3.8) is 0 Å². The minimum atomic E-state index is -1.16. The number of ether oxygens (including phenoxy) is 1. The molecule has 2 aromatic rings. The first-order chi connectivity index (χ1) is 14.3. The van der Waals surface area contributed by atoms with Crippen molar-refractivity contribution in [1.82, 2.24) is 19.4 Å². The van der Waals surface area contributed by atoms with E-state index < -0.39 is 6.35 Å². The molecule has 0 spiro atoms. The molecule has 1 aromatic carbocycles. The van der Waals surface area contributed by atoms with Crippen molar-refractivity contribution in [2.75, 3.05) is 52.3 Å². The summed E-state index contributed by atoms with van der Waals surface area (Å²) in [5, 5.41) is 20.4. The van der Waals surface area contributed by atoms with Crippen LogP contribution in [0.15, 0.2) is 24.3 Å². The summed E-state index contributed by atoms with van der Waals surface area (Å²) in [7, 11) is 5.56. The molecule has 2 N–H and O–H groups in total. The smallest absolute Gasteiger partial charge is 0.299 e. The zero-order chi connectivity index (χ0) is 21.8. The van der Waals surface area contributed by atoms with E-state index in [9.17, 15) is 9.90 Å². The summed E-state index contributed by atoms with van der Waals surface area (Å²) in [6.45, 7) is 1.60. The standard InChI is InChI=1S/C20H28ClN5O4/c1-23(2)10-12-30-19-22-17-16(26(19)13-14-5-7-15(21)8-6-14)18(28)25(9-4-11-27)20(29)24(17)3/h5-8,20,27,29H,4,9-13H2,1-3H3. The van der Waals surface area contributed by atoms with E-state index in [0.717, 1.165) is 5.56 Å². The number of aromatic nitrogens is 2. The average Bonchev–Trinajstić information content (AvgIpc) is 3.06. The van der Waals surface area contributed by atoms with Crippen LogP contribution in [-0.4, -0.2) is 89.3 Å². The van der Waals surface area contributed by atoms with E-state index in [4.69, 9.17) is 21.4 Å². The number of hydrogen-bond donors (Lipinski definition) is 2. The zero-order valence-corrected chi connectivity index (χ0v) is 18.2. The van der Waals surface area contributed by atoms with Gasteiger partial charge in [0.15, 0.2) is 11.5 Å². The van der Waals surface area contributed by atoms with Gasteiger partial charge in [0.2, 0.25) is 6.35 Å². The molecule has 9 nitrogen and oxygen atoms in total. The Morgan fingerprint density at radius 2 is 1.97 bits per heavy atom. The third kappa shape index (κ3) is 4.70. The van der Waals surface area contributed by atoms with Gasteiger partial charge in [-0.2, -0.15) is 4.98 Å². The topological polar surface area (TPSA) is 94.3 Å². The maximum Gasteiger partial charge on any atom is 0.299 e. The van der Waals surface area contributed by atoms with Gasteiger partial charge in [0, 0.05) is 31.8 Å². The fourth-order valence-electron chi connectivity index (χ4n) is 3.24. The Balaban J connectivity index is 2.00. The fraction of sp³-hybridized carbons (Fsp3) is 0.500. The lowest BCUT2D eigenvalue weighted by Gasteiger charge is -2.38. The van der Waals surface area contributed by atoms with Crippen molar-refractivity contribution < 1.29 is 19.7 Å². The molecule has 1 amide bonds. The maximum absolute atomic E-state index is 13.3. The van der Waals surface area contributed by atoms with Crippen LogP contribution in [0.4, 0.5) is 5.82 Å². The third-order valence-electron chi connectivity index (χ3n) is 4.92. The van der Waals surface area contributed by atoms with Crippen molar-refractivity contribution in [1.29, 1.82) is 0 Å². The molecule has 3 rings (SSSR count). The lowest BCUT2D eigenvalue weighted by molar-refractivity contribution is 0.00111. The number of benzene rings is 1. The molecule has 1 atom stereocenters. The van der Waals surface area contributed by atoms with Crippen LogP contribution in [0.3, 0.4) is 0 Å². The first kappa shape index (κ1) is 22.4. The van der Waals surface area contributed by atoms with Crippen molar-refractivity contribution in [3.8, 4) is 6.01 Å². The Hall–Kier alpha value is -2.33. The van der Waals surface area contributed by atoms with Crippen LogP contribution in [0.25, 0.3) is 0 Å². The summed E-state index contributed by atoms with van der Waals surface area (Å²) in [4.78, 5) is 22.6. The number of carbonyl (C=O) groups excluding carboxylic acids is 1. The average molecular weight is 438 g/mol. The first-order valence-corrected chi connectivity index (χ1v) is 10.2. The summed E-state index contributed by atoms with van der Waals surface area (Å²) in [6, 6.07) is 7.66. The largest absolute Gasteiger partial charge is 0.463 e. The minimum absolute atomic E-state index is 0.0734. The Morgan fingerprint density at radius 3 is 2.60 bits per heavy atom. The molecule has 10 heteroatoms. The molecule has 2 heterocycles. The summed E-state index contributed by atoms with van der Waals surface area (Å²) in [5.74, 6) is 0.00883. The van der Waals surface area contributed by atoms with E-state index in [1.165, 1.54) is 9.80 Å². The predicted molar refractivity (Wildman–Crippen MR) is 114 cm³/mol. The Morgan fingerprint density at radius 1 is 1.27 bits per heavy atom. The lowest BCUT2D eigenvalue weighted by atomic mass is 10.2. The second-order valence-corrected chi connectivity index (χ2v) is 7.90. The van der Waals surface area contributed by atoms with Crippen LogP contribution in [0.1, 0.15) is 22.5 Å². The van der Waals surface area contributed by atoms with E-state index >= 15 is 0 Å². The number of carbonyl (C=O) groups is 1. The highest BCUT2D eigenvalue weighted by molar-refractivity contribution is 6.30. The second kappa shape index (κ2) is 9.65. The van der Waals surface area contributed by atoms with Gasteiger partial charge >= 0.3 is 0 Å². The summed E-state index contributed by atoms with van der Waals surface area (Å²) in [6.07, 6.45) is -0.797. The Labute approximate surface area is 181 Å². The highest BCUT2D eigenvalue weighted by atomic mass is 35.5. The zero-order valence-electron chi connectivity index (χ0n) is 17.5. The van der Waals surface area contributed by atoms with Crippen LogP contribution >= 0.6 is 11.6 Å². The molecule has 0 radical (unpaired) electrons. The maximum atomic E-state index is 13.3. The first-order valence-electron chi connectivity index (χ1n) is 9.78. The van der Waals surface area contributed by atoms with Crippen molar-refractivity contribution in [2.24, 2.45) is 0 Å². The molecule has 1 aliphatic heterocycles. The van der Waals surface area contributed by atoms with Gasteiger partial charge in [-0.1, -0.05) is 23.7 Å². The highest BCUT2D eigenvalue weighted by Gasteiger charge is 2.40. The van der Waals surface area contributed by atoms with Gasteiger partial charge in [0.25, 0.3) is 11.9 Å². The third-order valence-corrected chi connectivity index (χ3v) is 5.17. The molecular weight excluding hydrogens is 410 g/mol. The quantitative estimate of drug-likeness (QED) is 0.606. The molecule has 0 bridgehead atoms. The van der Waals surface area contributed by atoms with Crippen molar-refractivity contribution in [2.45, 2.75) is 19.3 Å². The lowest BCUT2D eigenvalue weighted by Crippen LogP contribution is -2.54. The number of hydrogen-bond acceptors (Lipinski definition) is 7. The number of likely N-dealkylation sites (N-methyl/N-ethyl adjacent to an activating group) is 1. The fourth-order valence-corrected chi connectivity index (χ4v) is 3.37. The SMILES string of the molecule is CN(C)CCOc1nc2c(n1Cc1ccc(Cl)cc1)C(=O)N(CCCO)C(O)N2C. The summed E-state index contributed by atoms with van der Waals surface area (Å²) >= 11 is 6.00. The number of halogens is 1. The molecule has 1 unspecified atom stereocenters. The molecule has 0 saturated heterocycles. The minimum Gasteiger partial charge on any atom is -0.463 e. The van der Waals surface area contributed by atoms with E-state index in [1.54, 1.807) is 23.7 Å². The number of amides is 1. The summed E-state index contributed by atoms with van der Waals surface area (Å²) < 4.78 is 7.64. The van der Waals surface area contributed by atoms with Crippen LogP contribution in [0.2, 0.25) is 5.02 Å². The predicted octanol–water partition coefficient (Wildman–Crippen LogP) is 1.08.